The quantitative estimate of drug-likeness (QED) is 0.161. The number of nitrogen functional groups attached to an aromatic ring is 2. The van der Waals surface area contributed by atoms with Crippen molar-refractivity contribution in [2.24, 2.45) is 0 Å². The summed E-state index contributed by atoms with van der Waals surface area (Å²) in [6, 6.07) is -2.85. The maximum atomic E-state index is 13.9. The molecule has 4 nitrogen and oxygen atoms in total. The minimum atomic E-state index is -8.96. The molecule has 1 aromatic carbocycles. The molecule has 23 heteroatoms. The Bertz CT molecular complexity index is 1140. The zero-order chi connectivity index (χ0) is 32.3. The number of ether oxygens (including phenoxy) is 2. The Labute approximate surface area is 207 Å². The molecule has 0 aromatic heterocycles. The third-order valence-electron chi connectivity index (χ3n) is 4.74. The molecule has 0 aliphatic rings. The van der Waals surface area contributed by atoms with E-state index in [0.29, 0.717) is 19.2 Å². The number of hydrogen-bond donors (Lipinski definition) is 2. The Morgan fingerprint density at radius 1 is 0.550 bits per heavy atom. The first-order valence-electron chi connectivity index (χ1n) is 9.09. The van der Waals surface area contributed by atoms with Gasteiger partial charge in [-0.05, 0) is 0 Å². The van der Waals surface area contributed by atoms with E-state index in [2.05, 4.69) is 9.47 Å². The van der Waals surface area contributed by atoms with E-state index < -0.39 is 82.3 Å². The number of alkyl halides is 17. The lowest BCUT2D eigenvalue weighted by molar-refractivity contribution is -0.460. The smallest absolute Gasteiger partial charge is 0.460 e. The lowest BCUT2D eigenvalue weighted by atomic mass is 9.88. The van der Waals surface area contributed by atoms with Gasteiger partial charge in [0.15, 0.2) is 11.5 Å². The standard InChI is InChI=1S/C17H9F19N2O2/c1-39-6-2-4(37)5(38)3-7(6)40-9(19)8(18)10(20,21)11(22,23)12(24,25)13(26,27)14(28,29)15(30,31)16(32,33)17(34,35)36/h2-3H,37-38H2,1H3. The molecule has 1 aromatic rings. The van der Waals surface area contributed by atoms with Crippen molar-refractivity contribution in [3.63, 3.8) is 0 Å². The molecule has 0 radical (unpaired) electrons. The Morgan fingerprint density at radius 2 is 0.875 bits per heavy atom. The number of anilines is 2. The van der Waals surface area contributed by atoms with E-state index in [1.54, 1.807) is 0 Å². The Balaban J connectivity index is 3.72. The second-order valence-electron chi connectivity index (χ2n) is 7.34. The van der Waals surface area contributed by atoms with Crippen LogP contribution in [0.15, 0.2) is 24.0 Å². The highest BCUT2D eigenvalue weighted by Crippen LogP contribution is 2.64. The van der Waals surface area contributed by atoms with Gasteiger partial charge in [0.25, 0.3) is 0 Å². The third-order valence-corrected chi connectivity index (χ3v) is 4.74. The van der Waals surface area contributed by atoms with Gasteiger partial charge in [-0.15, -0.1) is 0 Å². The van der Waals surface area contributed by atoms with Gasteiger partial charge >= 0.3 is 53.6 Å². The number of rotatable bonds is 10. The first kappa shape index (κ1) is 34.9. The van der Waals surface area contributed by atoms with Crippen molar-refractivity contribution in [2.45, 2.75) is 47.6 Å². The van der Waals surface area contributed by atoms with Crippen LogP contribution in [0.2, 0.25) is 0 Å². The molecule has 4 N–H and O–H groups in total. The predicted molar refractivity (Wildman–Crippen MR) is 92.4 cm³/mol. The molecule has 0 bridgehead atoms. The zero-order valence-electron chi connectivity index (χ0n) is 18.3. The van der Waals surface area contributed by atoms with E-state index in [1.807, 2.05) is 0 Å². The van der Waals surface area contributed by atoms with Crippen molar-refractivity contribution in [3.05, 3.63) is 24.0 Å². The molecule has 0 atom stereocenters. The molecule has 0 heterocycles. The van der Waals surface area contributed by atoms with Crippen LogP contribution in [-0.4, -0.2) is 54.7 Å². The van der Waals surface area contributed by atoms with E-state index in [9.17, 15) is 83.4 Å². The number of hydrogen-bond acceptors (Lipinski definition) is 4. The van der Waals surface area contributed by atoms with Gasteiger partial charge in [0.05, 0.1) is 18.5 Å². The SMILES string of the molecule is COc1cc(N)c(N)cc1OC(F)=C(F)C(F)(F)C(F)(F)C(F)(F)C(F)(F)C(F)(F)C(F)(F)C(F)(F)C(F)(F)F. The number of methoxy groups -OCH3 is 1. The maximum absolute atomic E-state index is 13.9. The van der Waals surface area contributed by atoms with E-state index in [4.69, 9.17) is 11.5 Å². The highest BCUT2D eigenvalue weighted by Gasteiger charge is 2.95. The van der Waals surface area contributed by atoms with Gasteiger partial charge in [-0.1, -0.05) is 0 Å². The molecular formula is C17H9F19N2O2. The molecule has 0 amide bonds. The predicted octanol–water partition coefficient (Wildman–Crippen LogP) is 7.36. The minimum Gasteiger partial charge on any atom is -0.493 e. The van der Waals surface area contributed by atoms with E-state index >= 15 is 0 Å². The summed E-state index contributed by atoms with van der Waals surface area (Å²) in [7, 11) is 0.694. The van der Waals surface area contributed by atoms with Crippen LogP contribution in [0.3, 0.4) is 0 Å². The maximum Gasteiger partial charge on any atom is 0.460 e. The monoisotopic (exact) mass is 634 g/mol. The van der Waals surface area contributed by atoms with Gasteiger partial charge in [0.1, 0.15) is 0 Å². The molecule has 40 heavy (non-hydrogen) atoms. The van der Waals surface area contributed by atoms with Crippen LogP contribution in [0.4, 0.5) is 94.8 Å². The van der Waals surface area contributed by atoms with Crippen LogP contribution in [0.1, 0.15) is 0 Å². The van der Waals surface area contributed by atoms with Crippen molar-refractivity contribution in [3.8, 4) is 11.5 Å². The number of nitrogens with two attached hydrogens (primary N) is 2. The van der Waals surface area contributed by atoms with Gasteiger partial charge in [0, 0.05) is 12.1 Å². The number of allylic oxidation sites excluding steroid dienone is 1. The van der Waals surface area contributed by atoms with Crippen molar-refractivity contribution in [2.75, 3.05) is 18.6 Å². The summed E-state index contributed by atoms with van der Waals surface area (Å²) in [5.41, 5.74) is 9.33. The van der Waals surface area contributed by atoms with Crippen LogP contribution < -0.4 is 20.9 Å². The average molecular weight is 634 g/mol. The second kappa shape index (κ2) is 9.73. The van der Waals surface area contributed by atoms with Gasteiger partial charge in [-0.3, -0.25) is 0 Å². The molecule has 0 saturated heterocycles. The topological polar surface area (TPSA) is 70.5 Å². The van der Waals surface area contributed by atoms with Crippen LogP contribution in [0.5, 0.6) is 11.5 Å². The summed E-state index contributed by atoms with van der Waals surface area (Å²) in [6.45, 7) is 0. The summed E-state index contributed by atoms with van der Waals surface area (Å²) < 4.78 is 261. The molecule has 0 aliphatic heterocycles. The van der Waals surface area contributed by atoms with E-state index in [-0.39, 0.29) is 0 Å². The van der Waals surface area contributed by atoms with E-state index in [0.717, 1.165) is 0 Å². The van der Waals surface area contributed by atoms with Gasteiger partial charge in [-0.25, -0.2) is 0 Å². The lowest BCUT2D eigenvalue weighted by Crippen LogP contribution is -2.74. The minimum absolute atomic E-state index is 0.295. The first-order chi connectivity index (χ1) is 17.4. The van der Waals surface area contributed by atoms with Crippen molar-refractivity contribution in [1.82, 2.24) is 0 Å². The summed E-state index contributed by atoms with van der Waals surface area (Å²) in [5, 5.41) is 0. The fourth-order valence-electron chi connectivity index (χ4n) is 2.40. The molecule has 1 rings (SSSR count). The van der Waals surface area contributed by atoms with Gasteiger partial charge in [0.2, 0.25) is 5.83 Å². The second-order valence-corrected chi connectivity index (χ2v) is 7.34. The molecule has 0 spiro atoms. The Kier molecular flexibility index (Phi) is 8.48. The summed E-state index contributed by atoms with van der Waals surface area (Å²) in [5.74, 6) is -67.0. The van der Waals surface area contributed by atoms with Crippen molar-refractivity contribution >= 4 is 11.4 Å². The summed E-state index contributed by atoms with van der Waals surface area (Å²) >= 11 is 0. The van der Waals surface area contributed by atoms with Gasteiger partial charge < -0.3 is 20.9 Å². The summed E-state index contributed by atoms with van der Waals surface area (Å²) in [4.78, 5) is 0. The highest BCUT2D eigenvalue weighted by atomic mass is 19.4. The van der Waals surface area contributed by atoms with E-state index in [1.165, 1.54) is 0 Å². The third kappa shape index (κ3) is 4.73. The van der Waals surface area contributed by atoms with Crippen LogP contribution in [0, 0.1) is 0 Å². The highest BCUT2D eigenvalue weighted by molar-refractivity contribution is 5.69. The van der Waals surface area contributed by atoms with Crippen molar-refractivity contribution < 1.29 is 92.9 Å². The lowest BCUT2D eigenvalue weighted by Gasteiger charge is -2.42. The average Bonchev–Trinajstić information content (AvgIpc) is 2.78. The molecule has 0 fully saturated rings. The van der Waals surface area contributed by atoms with Gasteiger partial charge in [-0.2, -0.15) is 83.4 Å². The summed E-state index contributed by atoms with van der Waals surface area (Å²) in [6.07, 6.45) is -7.93. The van der Waals surface area contributed by atoms with Crippen molar-refractivity contribution in [1.29, 1.82) is 0 Å². The molecule has 0 aliphatic carbocycles. The molecule has 232 valence electrons. The zero-order valence-corrected chi connectivity index (χ0v) is 18.3. The fraction of sp³-hybridized carbons (Fsp3) is 0.529. The fourth-order valence-corrected chi connectivity index (χ4v) is 2.40. The van der Waals surface area contributed by atoms with Crippen LogP contribution >= 0.6 is 0 Å². The largest absolute Gasteiger partial charge is 0.493 e. The number of halogens is 19. The first-order valence-corrected chi connectivity index (χ1v) is 9.09. The Hall–Kier alpha value is -3.17. The molecule has 0 saturated carbocycles. The molecular weight excluding hydrogens is 625 g/mol. The normalized spacial score (nSPS) is 15.6. The van der Waals surface area contributed by atoms with Crippen LogP contribution in [-0.2, 0) is 0 Å². The van der Waals surface area contributed by atoms with Crippen LogP contribution in [0.25, 0.3) is 0 Å². The Morgan fingerprint density at radius 3 is 1.23 bits per heavy atom. The molecule has 0 unspecified atom stereocenters. The number of benzene rings is 1.